The highest BCUT2D eigenvalue weighted by Gasteiger charge is 2.07. The van der Waals surface area contributed by atoms with Crippen LogP contribution in [-0.2, 0) is 12.8 Å². The lowest BCUT2D eigenvalue weighted by Crippen LogP contribution is -1.93. The Kier molecular flexibility index (Phi) is 3.46. The fourth-order valence-electron chi connectivity index (χ4n) is 1.28. The van der Waals surface area contributed by atoms with Gasteiger partial charge < -0.3 is 4.74 Å². The van der Waals surface area contributed by atoms with E-state index in [1.54, 1.807) is 23.6 Å². The molecule has 0 fully saturated rings. The van der Waals surface area contributed by atoms with Gasteiger partial charge in [0.05, 0.1) is 7.11 Å². The Morgan fingerprint density at radius 1 is 1.31 bits per heavy atom. The van der Waals surface area contributed by atoms with Crippen molar-refractivity contribution in [3.63, 3.8) is 0 Å². The number of thioether (sulfide) groups is 1. The Hall–Kier alpha value is -1.49. The number of nitrogens with zero attached hydrogens (tertiary/aromatic N) is 3. The van der Waals surface area contributed by atoms with Crippen LogP contribution in [0.25, 0.3) is 0 Å². The molecule has 0 amide bonds. The molecular formula is C11H13N3OS. The van der Waals surface area contributed by atoms with Gasteiger partial charge in [-0.3, -0.25) is 0 Å². The van der Waals surface area contributed by atoms with Crippen molar-refractivity contribution < 1.29 is 4.74 Å². The van der Waals surface area contributed by atoms with Gasteiger partial charge in [-0.15, -0.1) is 5.10 Å². The van der Waals surface area contributed by atoms with Crippen molar-refractivity contribution in [3.8, 4) is 6.01 Å². The molecule has 4 nitrogen and oxygen atoms in total. The normalized spacial score (nSPS) is 10.4. The minimum absolute atomic E-state index is 0.415. The molecule has 0 aliphatic carbocycles. The first-order chi connectivity index (χ1) is 7.79. The number of benzene rings is 1. The van der Waals surface area contributed by atoms with Gasteiger partial charge in [0, 0.05) is 12.8 Å². The van der Waals surface area contributed by atoms with Crippen molar-refractivity contribution in [2.75, 3.05) is 7.11 Å². The molecule has 0 unspecified atom stereocenters. The number of aromatic nitrogens is 3. The predicted molar refractivity (Wildman–Crippen MR) is 63.6 cm³/mol. The summed E-state index contributed by atoms with van der Waals surface area (Å²) < 4.78 is 6.70. The van der Waals surface area contributed by atoms with Gasteiger partial charge >= 0.3 is 6.01 Å². The molecule has 0 saturated heterocycles. The molecule has 0 saturated carbocycles. The summed E-state index contributed by atoms with van der Waals surface area (Å²) in [6.07, 6.45) is 0. The Labute approximate surface area is 98.6 Å². The summed E-state index contributed by atoms with van der Waals surface area (Å²) in [6.45, 7) is 0. The van der Waals surface area contributed by atoms with E-state index in [1.165, 1.54) is 5.56 Å². The maximum Gasteiger partial charge on any atom is 0.336 e. The van der Waals surface area contributed by atoms with Crippen LogP contribution in [-0.4, -0.2) is 21.9 Å². The Balaban J connectivity index is 2.02. The zero-order valence-corrected chi connectivity index (χ0v) is 10.1. The fraction of sp³-hybridized carbons (Fsp3) is 0.273. The molecule has 16 heavy (non-hydrogen) atoms. The Bertz CT molecular complexity index is 456. The average molecular weight is 235 g/mol. The van der Waals surface area contributed by atoms with Crippen molar-refractivity contribution in [1.29, 1.82) is 0 Å². The van der Waals surface area contributed by atoms with E-state index in [4.69, 9.17) is 4.74 Å². The first kappa shape index (κ1) is 11.0. The first-order valence-electron chi connectivity index (χ1n) is 4.91. The van der Waals surface area contributed by atoms with Crippen molar-refractivity contribution in [3.05, 3.63) is 35.9 Å². The summed E-state index contributed by atoms with van der Waals surface area (Å²) >= 11 is 1.65. The highest BCUT2D eigenvalue weighted by atomic mass is 32.2. The fourth-order valence-corrected chi connectivity index (χ4v) is 2.14. The van der Waals surface area contributed by atoms with Gasteiger partial charge in [0.2, 0.25) is 0 Å². The molecule has 2 aromatic rings. The van der Waals surface area contributed by atoms with Crippen LogP contribution in [0.1, 0.15) is 5.56 Å². The minimum atomic E-state index is 0.415. The third kappa shape index (κ3) is 2.55. The van der Waals surface area contributed by atoms with Gasteiger partial charge in [0.25, 0.3) is 0 Å². The van der Waals surface area contributed by atoms with Crippen LogP contribution in [0.15, 0.2) is 35.5 Å². The second-order valence-corrected chi connectivity index (χ2v) is 4.22. The molecular weight excluding hydrogens is 222 g/mol. The lowest BCUT2D eigenvalue weighted by Gasteiger charge is -1.99. The topological polar surface area (TPSA) is 39.9 Å². The lowest BCUT2D eigenvalue weighted by atomic mass is 10.2. The summed E-state index contributed by atoms with van der Waals surface area (Å²) in [5.74, 6) is 0.885. The van der Waals surface area contributed by atoms with Crippen molar-refractivity contribution in [2.45, 2.75) is 10.9 Å². The van der Waals surface area contributed by atoms with E-state index in [0.717, 1.165) is 10.9 Å². The quantitative estimate of drug-likeness (QED) is 0.761. The molecule has 0 spiro atoms. The molecule has 0 aliphatic rings. The van der Waals surface area contributed by atoms with Crippen molar-refractivity contribution in [1.82, 2.24) is 14.8 Å². The largest absolute Gasteiger partial charge is 0.466 e. The Morgan fingerprint density at radius 2 is 2.06 bits per heavy atom. The summed E-state index contributed by atoms with van der Waals surface area (Å²) in [6, 6.07) is 10.7. The molecule has 1 aromatic carbocycles. The maximum atomic E-state index is 4.97. The highest BCUT2D eigenvalue weighted by molar-refractivity contribution is 7.98. The molecule has 0 atom stereocenters. The van der Waals surface area contributed by atoms with Crippen LogP contribution in [0.3, 0.4) is 0 Å². The number of aryl methyl sites for hydroxylation is 1. The van der Waals surface area contributed by atoms with Crippen LogP contribution in [0.2, 0.25) is 0 Å². The van der Waals surface area contributed by atoms with E-state index in [2.05, 4.69) is 22.2 Å². The van der Waals surface area contributed by atoms with E-state index in [-0.39, 0.29) is 0 Å². The molecule has 0 radical (unpaired) electrons. The standard InChI is InChI=1S/C11H13N3OS/c1-14-11(12-10(13-14)15-2)16-8-9-6-4-3-5-7-9/h3-7H,8H2,1-2H3. The van der Waals surface area contributed by atoms with Crippen molar-refractivity contribution in [2.24, 2.45) is 7.05 Å². The Morgan fingerprint density at radius 3 is 2.69 bits per heavy atom. The number of methoxy groups -OCH3 is 1. The summed E-state index contributed by atoms with van der Waals surface area (Å²) in [7, 11) is 3.43. The third-order valence-electron chi connectivity index (χ3n) is 2.10. The molecule has 0 bridgehead atoms. The zero-order chi connectivity index (χ0) is 11.4. The number of hydrogen-bond donors (Lipinski definition) is 0. The van der Waals surface area contributed by atoms with Crippen LogP contribution >= 0.6 is 11.8 Å². The molecule has 84 valence electrons. The van der Waals surface area contributed by atoms with Crippen LogP contribution in [0, 0.1) is 0 Å². The predicted octanol–water partition coefficient (Wildman–Crippen LogP) is 2.12. The average Bonchev–Trinajstić information content (AvgIpc) is 2.69. The zero-order valence-electron chi connectivity index (χ0n) is 9.25. The van der Waals surface area contributed by atoms with E-state index >= 15 is 0 Å². The monoisotopic (exact) mass is 235 g/mol. The van der Waals surface area contributed by atoms with Gasteiger partial charge in [-0.05, 0) is 5.56 Å². The van der Waals surface area contributed by atoms with Gasteiger partial charge in [0.1, 0.15) is 0 Å². The van der Waals surface area contributed by atoms with Crippen LogP contribution in [0.4, 0.5) is 0 Å². The van der Waals surface area contributed by atoms with Gasteiger partial charge in [-0.2, -0.15) is 4.98 Å². The lowest BCUT2D eigenvalue weighted by molar-refractivity contribution is 0.378. The molecule has 2 rings (SSSR count). The van der Waals surface area contributed by atoms with E-state index < -0.39 is 0 Å². The molecule has 0 aliphatic heterocycles. The summed E-state index contributed by atoms with van der Waals surface area (Å²) in [5, 5.41) is 4.97. The second-order valence-electron chi connectivity index (χ2n) is 3.28. The van der Waals surface area contributed by atoms with E-state index in [1.807, 2.05) is 25.2 Å². The number of ether oxygens (including phenoxy) is 1. The SMILES string of the molecule is COc1nc(SCc2ccccc2)n(C)n1. The van der Waals surface area contributed by atoms with Gasteiger partial charge in [-0.25, -0.2) is 4.68 Å². The number of hydrogen-bond acceptors (Lipinski definition) is 4. The van der Waals surface area contributed by atoms with Gasteiger partial charge in [-0.1, -0.05) is 42.1 Å². The highest BCUT2D eigenvalue weighted by Crippen LogP contribution is 2.21. The summed E-state index contributed by atoms with van der Waals surface area (Å²) in [4.78, 5) is 4.24. The minimum Gasteiger partial charge on any atom is -0.466 e. The molecule has 1 aromatic heterocycles. The van der Waals surface area contributed by atoms with Crippen LogP contribution < -0.4 is 4.74 Å². The van der Waals surface area contributed by atoms with E-state index in [0.29, 0.717) is 6.01 Å². The second kappa shape index (κ2) is 5.03. The number of rotatable bonds is 4. The van der Waals surface area contributed by atoms with Gasteiger partial charge in [0.15, 0.2) is 5.16 Å². The summed E-state index contributed by atoms with van der Waals surface area (Å²) in [5.41, 5.74) is 1.27. The van der Waals surface area contributed by atoms with Crippen molar-refractivity contribution >= 4 is 11.8 Å². The smallest absolute Gasteiger partial charge is 0.336 e. The molecule has 5 heteroatoms. The third-order valence-corrected chi connectivity index (χ3v) is 3.19. The molecule has 1 heterocycles. The van der Waals surface area contributed by atoms with E-state index in [9.17, 15) is 0 Å². The maximum absolute atomic E-state index is 4.97. The van der Waals surface area contributed by atoms with Crippen LogP contribution in [0.5, 0.6) is 6.01 Å². The molecule has 0 N–H and O–H groups in total. The first-order valence-corrected chi connectivity index (χ1v) is 5.90.